The maximum Gasteiger partial charge on any atom is 0.186 e. The number of hydrogen-bond acceptors (Lipinski definition) is 2. The van der Waals surface area contributed by atoms with Crippen LogP contribution in [0.5, 0.6) is 0 Å². The predicted octanol–water partition coefficient (Wildman–Crippen LogP) is 4.00. The molecule has 0 bridgehead atoms. The van der Waals surface area contributed by atoms with Gasteiger partial charge >= 0.3 is 0 Å². The monoisotopic (exact) mass is 282 g/mol. The Morgan fingerprint density at radius 2 is 1.60 bits per heavy atom. The number of benzene rings is 2. The van der Waals surface area contributed by atoms with Gasteiger partial charge in [-0.25, -0.2) is 17.6 Å². The number of hydrogen-bond donors (Lipinski definition) is 1. The Hall–Kier alpha value is -2.37. The second-order valence-corrected chi connectivity index (χ2v) is 4.07. The van der Waals surface area contributed by atoms with Crippen LogP contribution < -0.4 is 5.43 Å². The lowest BCUT2D eigenvalue weighted by Gasteiger charge is -2.05. The third kappa shape index (κ3) is 2.79. The molecular weight excluding hydrogens is 272 g/mol. The van der Waals surface area contributed by atoms with Crippen LogP contribution in [0.15, 0.2) is 35.4 Å². The Morgan fingerprint density at radius 3 is 2.20 bits per heavy atom. The van der Waals surface area contributed by atoms with Crippen molar-refractivity contribution < 1.29 is 17.6 Å². The van der Waals surface area contributed by atoms with Crippen LogP contribution in [0.25, 0.3) is 0 Å². The molecular formula is C14H10F4N2. The molecule has 0 amide bonds. The Bertz CT molecular complexity index is 642. The Labute approximate surface area is 112 Å². The van der Waals surface area contributed by atoms with Crippen LogP contribution in [0.3, 0.4) is 0 Å². The summed E-state index contributed by atoms with van der Waals surface area (Å²) < 4.78 is 52.6. The van der Waals surface area contributed by atoms with Gasteiger partial charge in [-0.2, -0.15) is 5.10 Å². The first kappa shape index (κ1) is 14.0. The molecule has 2 aromatic rings. The number of nitrogens with zero attached hydrogens (tertiary/aromatic N) is 1. The first-order valence-electron chi connectivity index (χ1n) is 5.68. The summed E-state index contributed by atoms with van der Waals surface area (Å²) in [6.07, 6.45) is 1.30. The Balaban J connectivity index is 2.26. The van der Waals surface area contributed by atoms with E-state index in [0.29, 0.717) is 5.56 Å². The molecule has 0 radical (unpaired) electrons. The van der Waals surface area contributed by atoms with Crippen molar-refractivity contribution >= 4 is 11.9 Å². The van der Waals surface area contributed by atoms with Crippen molar-refractivity contribution in [3.05, 3.63) is 64.7 Å². The molecule has 104 valence electrons. The van der Waals surface area contributed by atoms with E-state index in [1.165, 1.54) is 6.21 Å². The summed E-state index contributed by atoms with van der Waals surface area (Å²) >= 11 is 0. The maximum atomic E-state index is 13.3. The van der Waals surface area contributed by atoms with Crippen molar-refractivity contribution in [3.63, 3.8) is 0 Å². The van der Waals surface area contributed by atoms with Gasteiger partial charge in [-0.05, 0) is 18.1 Å². The molecule has 0 atom stereocenters. The van der Waals surface area contributed by atoms with E-state index in [0.717, 1.165) is 5.56 Å². The van der Waals surface area contributed by atoms with Crippen molar-refractivity contribution in [1.82, 2.24) is 0 Å². The van der Waals surface area contributed by atoms with Gasteiger partial charge in [-0.15, -0.1) is 0 Å². The van der Waals surface area contributed by atoms with Crippen LogP contribution in [0.2, 0.25) is 0 Å². The molecule has 0 saturated heterocycles. The molecule has 0 aromatic heterocycles. The van der Waals surface area contributed by atoms with Crippen LogP contribution >= 0.6 is 0 Å². The third-order valence-corrected chi connectivity index (χ3v) is 2.68. The standard InChI is InChI=1S/C14H10F4N2/c1-8-4-2-3-5-9(8)7-19-20-14-12(17)10(15)6-11(16)13(14)18/h2-7,20H,1H3/b19-7-. The normalized spacial score (nSPS) is 11.1. The number of rotatable bonds is 3. The molecule has 1 N–H and O–H groups in total. The number of nitrogens with one attached hydrogen (secondary N) is 1. The minimum atomic E-state index is -1.52. The van der Waals surface area contributed by atoms with Gasteiger partial charge in [0.15, 0.2) is 23.3 Å². The van der Waals surface area contributed by atoms with E-state index in [4.69, 9.17) is 0 Å². The lowest BCUT2D eigenvalue weighted by molar-refractivity contribution is 0.458. The van der Waals surface area contributed by atoms with Crippen molar-refractivity contribution in [3.8, 4) is 0 Å². The van der Waals surface area contributed by atoms with Gasteiger partial charge in [0.05, 0.1) is 6.21 Å². The molecule has 6 heteroatoms. The third-order valence-electron chi connectivity index (χ3n) is 2.68. The summed E-state index contributed by atoms with van der Waals surface area (Å²) in [5.41, 5.74) is 2.61. The van der Waals surface area contributed by atoms with Crippen molar-refractivity contribution in [1.29, 1.82) is 0 Å². The van der Waals surface area contributed by atoms with Crippen molar-refractivity contribution in [2.24, 2.45) is 5.10 Å². The van der Waals surface area contributed by atoms with Gasteiger partial charge in [0.2, 0.25) is 0 Å². The van der Waals surface area contributed by atoms with Crippen LogP contribution in [-0.4, -0.2) is 6.21 Å². The molecule has 20 heavy (non-hydrogen) atoms. The van der Waals surface area contributed by atoms with Crippen LogP contribution in [0.1, 0.15) is 11.1 Å². The zero-order valence-electron chi connectivity index (χ0n) is 10.4. The smallest absolute Gasteiger partial charge is 0.186 e. The first-order valence-corrected chi connectivity index (χ1v) is 5.68. The summed E-state index contributed by atoms with van der Waals surface area (Å²) in [6.45, 7) is 1.82. The minimum absolute atomic E-state index is 0.140. The lowest BCUT2D eigenvalue weighted by Crippen LogP contribution is -2.03. The van der Waals surface area contributed by atoms with E-state index in [-0.39, 0.29) is 6.07 Å². The molecule has 2 aromatic carbocycles. The molecule has 0 aliphatic heterocycles. The van der Waals surface area contributed by atoms with E-state index < -0.39 is 29.0 Å². The highest BCUT2D eigenvalue weighted by atomic mass is 19.2. The fourth-order valence-electron chi connectivity index (χ4n) is 1.57. The quantitative estimate of drug-likeness (QED) is 0.391. The largest absolute Gasteiger partial charge is 0.272 e. The van der Waals surface area contributed by atoms with E-state index in [1.54, 1.807) is 12.1 Å². The van der Waals surface area contributed by atoms with E-state index >= 15 is 0 Å². The van der Waals surface area contributed by atoms with Gasteiger partial charge in [0.1, 0.15) is 5.69 Å². The van der Waals surface area contributed by atoms with E-state index in [1.807, 2.05) is 24.5 Å². The van der Waals surface area contributed by atoms with Crippen LogP contribution in [0.4, 0.5) is 23.2 Å². The van der Waals surface area contributed by atoms with Crippen molar-refractivity contribution in [2.75, 3.05) is 5.43 Å². The fourth-order valence-corrected chi connectivity index (χ4v) is 1.57. The van der Waals surface area contributed by atoms with E-state index in [9.17, 15) is 17.6 Å². The van der Waals surface area contributed by atoms with Crippen molar-refractivity contribution in [2.45, 2.75) is 6.92 Å². The summed E-state index contributed by atoms with van der Waals surface area (Å²) in [5, 5.41) is 3.59. The second kappa shape index (κ2) is 5.73. The van der Waals surface area contributed by atoms with E-state index in [2.05, 4.69) is 5.10 Å². The first-order chi connectivity index (χ1) is 9.50. The highest BCUT2D eigenvalue weighted by Gasteiger charge is 2.18. The topological polar surface area (TPSA) is 24.4 Å². The Morgan fingerprint density at radius 1 is 1.00 bits per heavy atom. The highest BCUT2D eigenvalue weighted by molar-refractivity contribution is 5.82. The number of halogens is 4. The number of aryl methyl sites for hydroxylation is 1. The van der Waals surface area contributed by atoms with Gasteiger partial charge in [-0.1, -0.05) is 24.3 Å². The summed E-state index contributed by atoms with van der Waals surface area (Å²) in [4.78, 5) is 0. The van der Waals surface area contributed by atoms with Gasteiger partial charge < -0.3 is 0 Å². The maximum absolute atomic E-state index is 13.3. The zero-order chi connectivity index (χ0) is 14.7. The summed E-state index contributed by atoms with van der Waals surface area (Å²) in [7, 11) is 0. The highest BCUT2D eigenvalue weighted by Crippen LogP contribution is 2.24. The summed E-state index contributed by atoms with van der Waals surface area (Å²) in [6, 6.07) is 7.28. The average Bonchev–Trinajstić information content (AvgIpc) is 2.42. The molecule has 0 spiro atoms. The molecule has 0 aliphatic rings. The summed E-state index contributed by atoms with van der Waals surface area (Å²) in [5.74, 6) is -6.02. The number of anilines is 1. The minimum Gasteiger partial charge on any atom is -0.272 e. The number of hydrazone groups is 1. The van der Waals surface area contributed by atoms with Gasteiger partial charge in [0, 0.05) is 6.07 Å². The second-order valence-electron chi connectivity index (χ2n) is 4.07. The molecule has 0 heterocycles. The average molecular weight is 282 g/mol. The van der Waals surface area contributed by atoms with Gasteiger partial charge in [0.25, 0.3) is 0 Å². The molecule has 2 nitrogen and oxygen atoms in total. The van der Waals surface area contributed by atoms with Crippen LogP contribution in [-0.2, 0) is 0 Å². The molecule has 0 fully saturated rings. The lowest BCUT2D eigenvalue weighted by atomic mass is 10.1. The zero-order valence-corrected chi connectivity index (χ0v) is 10.4. The molecule has 2 rings (SSSR count). The van der Waals surface area contributed by atoms with Crippen LogP contribution in [0, 0.1) is 30.2 Å². The fraction of sp³-hybridized carbons (Fsp3) is 0.0714. The molecule has 0 saturated carbocycles. The van der Waals surface area contributed by atoms with Gasteiger partial charge in [-0.3, -0.25) is 5.43 Å². The Kier molecular flexibility index (Phi) is 4.02. The predicted molar refractivity (Wildman–Crippen MR) is 68.7 cm³/mol. The molecule has 0 unspecified atom stereocenters. The molecule has 0 aliphatic carbocycles. The SMILES string of the molecule is Cc1ccccc1/C=N\Nc1c(F)c(F)cc(F)c1F.